The Hall–Kier alpha value is -2.05. The Kier molecular flexibility index (Phi) is 5.80. The number of hydrogen-bond acceptors (Lipinski definition) is 3. The Morgan fingerprint density at radius 1 is 1.45 bits per heavy atom. The van der Waals surface area contributed by atoms with Gasteiger partial charge in [0.05, 0.1) is 18.8 Å². The second kappa shape index (κ2) is 7.82. The number of rotatable bonds is 5. The molecule has 1 heterocycles. The number of aliphatic imine (C=N–C) groups is 1. The molecule has 1 amide bonds. The van der Waals surface area contributed by atoms with E-state index in [1.165, 1.54) is 12.8 Å². The third kappa shape index (κ3) is 4.75. The van der Waals surface area contributed by atoms with Crippen LogP contribution in [0.3, 0.4) is 0 Å². The number of likely N-dealkylation sites (N-methyl/N-ethyl adjacent to an activating group) is 1. The molecule has 0 atom stereocenters. The van der Waals surface area contributed by atoms with Crippen LogP contribution in [-0.2, 0) is 18.4 Å². The number of aryl methyl sites for hydroxylation is 1. The summed E-state index contributed by atoms with van der Waals surface area (Å²) in [7, 11) is 5.40. The van der Waals surface area contributed by atoms with E-state index in [4.69, 9.17) is 0 Å². The summed E-state index contributed by atoms with van der Waals surface area (Å²) in [5.74, 6) is 0.727. The van der Waals surface area contributed by atoms with Gasteiger partial charge in [0.25, 0.3) is 0 Å². The van der Waals surface area contributed by atoms with Crippen LogP contribution in [0.1, 0.15) is 31.4 Å². The lowest BCUT2D eigenvalue weighted by Gasteiger charge is -2.18. The van der Waals surface area contributed by atoms with E-state index in [1.807, 2.05) is 17.8 Å². The first-order valence-corrected chi connectivity index (χ1v) is 7.78. The average Bonchev–Trinajstić information content (AvgIpc) is 3.13. The van der Waals surface area contributed by atoms with Crippen LogP contribution in [0.5, 0.6) is 0 Å². The quantitative estimate of drug-likeness (QED) is 0.613. The lowest BCUT2D eigenvalue weighted by atomic mass is 10.2. The molecule has 0 aliphatic heterocycles. The van der Waals surface area contributed by atoms with Gasteiger partial charge in [0.1, 0.15) is 0 Å². The largest absolute Gasteiger partial charge is 0.354 e. The zero-order valence-corrected chi connectivity index (χ0v) is 13.7. The zero-order chi connectivity index (χ0) is 15.9. The summed E-state index contributed by atoms with van der Waals surface area (Å²) in [6.45, 7) is 0.783. The summed E-state index contributed by atoms with van der Waals surface area (Å²) in [6.07, 6.45) is 6.59. The van der Waals surface area contributed by atoms with Crippen molar-refractivity contribution in [3.63, 3.8) is 0 Å². The molecule has 0 bridgehead atoms. The van der Waals surface area contributed by atoms with Crippen molar-refractivity contribution in [1.82, 2.24) is 25.3 Å². The van der Waals surface area contributed by atoms with E-state index >= 15 is 0 Å². The number of guanidine groups is 1. The molecule has 1 saturated carbocycles. The molecular weight excluding hydrogens is 280 g/mol. The molecule has 1 aliphatic carbocycles. The fourth-order valence-corrected chi connectivity index (χ4v) is 2.45. The Morgan fingerprint density at radius 2 is 2.18 bits per heavy atom. The van der Waals surface area contributed by atoms with Gasteiger partial charge in [0.15, 0.2) is 5.96 Å². The van der Waals surface area contributed by atoms with E-state index in [0.29, 0.717) is 18.5 Å². The second-order valence-electron chi connectivity index (χ2n) is 5.88. The summed E-state index contributed by atoms with van der Waals surface area (Å²) in [4.78, 5) is 17.9. The molecule has 0 unspecified atom stereocenters. The van der Waals surface area contributed by atoms with Gasteiger partial charge in [-0.25, -0.2) is 4.99 Å². The number of carbonyl (C=O) groups excluding carboxylic acids is 1. The number of amides is 1. The number of carbonyl (C=O) groups is 1. The van der Waals surface area contributed by atoms with Gasteiger partial charge >= 0.3 is 0 Å². The van der Waals surface area contributed by atoms with Crippen molar-refractivity contribution >= 4 is 11.9 Å². The lowest BCUT2D eigenvalue weighted by molar-refractivity contribution is -0.127. The number of aromatic nitrogens is 2. The first-order chi connectivity index (χ1) is 10.6. The van der Waals surface area contributed by atoms with Crippen LogP contribution in [0.25, 0.3) is 0 Å². The molecule has 1 aliphatic rings. The van der Waals surface area contributed by atoms with Crippen molar-refractivity contribution < 1.29 is 4.79 Å². The van der Waals surface area contributed by atoms with Gasteiger partial charge in [-0.2, -0.15) is 5.10 Å². The number of hydrogen-bond donors (Lipinski definition) is 2. The Bertz CT molecular complexity index is 516. The third-order valence-electron chi connectivity index (χ3n) is 3.92. The fourth-order valence-electron chi connectivity index (χ4n) is 2.45. The molecule has 22 heavy (non-hydrogen) atoms. The van der Waals surface area contributed by atoms with Gasteiger partial charge in [0.2, 0.25) is 5.91 Å². The highest BCUT2D eigenvalue weighted by Gasteiger charge is 2.16. The minimum atomic E-state index is 0.0291. The van der Waals surface area contributed by atoms with E-state index in [0.717, 1.165) is 18.5 Å². The molecule has 2 rings (SSSR count). The molecule has 1 fully saturated rings. The van der Waals surface area contributed by atoms with Gasteiger partial charge in [0, 0.05) is 33.4 Å². The zero-order valence-electron chi connectivity index (χ0n) is 13.7. The third-order valence-corrected chi connectivity index (χ3v) is 3.92. The van der Waals surface area contributed by atoms with Crippen molar-refractivity contribution in [2.24, 2.45) is 12.0 Å². The predicted molar refractivity (Wildman–Crippen MR) is 86.4 cm³/mol. The standard InChI is InChI=1S/C15H26N6O/c1-20(2)14(22)11-17-15(19-12-6-4-5-7-12)16-10-13-8-9-18-21(13)3/h8-9,12H,4-7,10-11H2,1-3H3,(H2,16,17,19). The summed E-state index contributed by atoms with van der Waals surface area (Å²) < 4.78 is 1.81. The second-order valence-corrected chi connectivity index (χ2v) is 5.88. The molecular formula is C15H26N6O. The lowest BCUT2D eigenvalue weighted by Crippen LogP contribution is -2.46. The summed E-state index contributed by atoms with van der Waals surface area (Å²) >= 11 is 0. The summed E-state index contributed by atoms with van der Waals surface area (Å²) in [5.41, 5.74) is 1.03. The monoisotopic (exact) mass is 306 g/mol. The van der Waals surface area contributed by atoms with Crippen molar-refractivity contribution in [3.8, 4) is 0 Å². The number of nitrogens with zero attached hydrogens (tertiary/aromatic N) is 4. The Labute approximate surface area is 131 Å². The summed E-state index contributed by atoms with van der Waals surface area (Å²) in [6, 6.07) is 2.40. The average molecular weight is 306 g/mol. The molecule has 7 nitrogen and oxygen atoms in total. The Balaban J connectivity index is 1.96. The minimum Gasteiger partial charge on any atom is -0.354 e. The highest BCUT2D eigenvalue weighted by atomic mass is 16.2. The van der Waals surface area contributed by atoms with Gasteiger partial charge in [-0.1, -0.05) is 12.8 Å². The van der Waals surface area contributed by atoms with Crippen molar-refractivity contribution in [1.29, 1.82) is 0 Å². The van der Waals surface area contributed by atoms with E-state index in [9.17, 15) is 4.79 Å². The molecule has 1 aromatic heterocycles. The van der Waals surface area contributed by atoms with E-state index in [1.54, 1.807) is 25.2 Å². The molecule has 122 valence electrons. The van der Waals surface area contributed by atoms with Crippen LogP contribution >= 0.6 is 0 Å². The first-order valence-electron chi connectivity index (χ1n) is 7.78. The van der Waals surface area contributed by atoms with Gasteiger partial charge in [-0.15, -0.1) is 0 Å². The Morgan fingerprint density at radius 3 is 2.77 bits per heavy atom. The first kappa shape index (κ1) is 16.3. The van der Waals surface area contributed by atoms with Crippen molar-refractivity contribution in [2.75, 3.05) is 20.6 Å². The van der Waals surface area contributed by atoms with Gasteiger partial charge in [-0.3, -0.25) is 9.48 Å². The van der Waals surface area contributed by atoms with Crippen LogP contribution < -0.4 is 10.6 Å². The maximum absolute atomic E-state index is 11.7. The highest BCUT2D eigenvalue weighted by molar-refractivity contribution is 5.86. The smallest absolute Gasteiger partial charge is 0.241 e. The molecule has 0 spiro atoms. The molecule has 2 N–H and O–H groups in total. The fraction of sp³-hybridized carbons (Fsp3) is 0.667. The van der Waals surface area contributed by atoms with Crippen molar-refractivity contribution in [2.45, 2.75) is 38.3 Å². The van der Waals surface area contributed by atoms with E-state index < -0.39 is 0 Å². The van der Waals surface area contributed by atoms with Crippen LogP contribution in [0.2, 0.25) is 0 Å². The highest BCUT2D eigenvalue weighted by Crippen LogP contribution is 2.17. The molecule has 7 heteroatoms. The van der Waals surface area contributed by atoms with Gasteiger partial charge in [-0.05, 0) is 18.9 Å². The SMILES string of the molecule is CN(C)C(=O)CNC(=NCc1ccnn1C)NC1CCCC1. The topological polar surface area (TPSA) is 74.5 Å². The molecule has 0 radical (unpaired) electrons. The van der Waals surface area contributed by atoms with Crippen LogP contribution in [-0.4, -0.2) is 53.2 Å². The van der Waals surface area contributed by atoms with E-state index in [-0.39, 0.29) is 12.5 Å². The number of nitrogens with one attached hydrogen (secondary N) is 2. The van der Waals surface area contributed by atoms with Crippen molar-refractivity contribution in [3.05, 3.63) is 18.0 Å². The van der Waals surface area contributed by atoms with Crippen LogP contribution in [0.4, 0.5) is 0 Å². The maximum atomic E-state index is 11.7. The molecule has 1 aromatic rings. The van der Waals surface area contributed by atoms with E-state index in [2.05, 4.69) is 20.7 Å². The van der Waals surface area contributed by atoms with Crippen LogP contribution in [0, 0.1) is 0 Å². The van der Waals surface area contributed by atoms with Gasteiger partial charge < -0.3 is 15.5 Å². The predicted octanol–water partition coefficient (Wildman–Crippen LogP) is 0.486. The molecule has 0 saturated heterocycles. The normalized spacial score (nSPS) is 15.9. The van der Waals surface area contributed by atoms with Crippen LogP contribution in [0.15, 0.2) is 17.3 Å². The molecule has 0 aromatic carbocycles. The summed E-state index contributed by atoms with van der Waals surface area (Å²) in [5, 5.41) is 10.7. The minimum absolute atomic E-state index is 0.0291. The maximum Gasteiger partial charge on any atom is 0.241 e.